The first kappa shape index (κ1) is 9.62. The van der Waals surface area contributed by atoms with E-state index in [2.05, 4.69) is 9.97 Å². The molecule has 0 saturated carbocycles. The third kappa shape index (κ3) is 1.45. The van der Waals surface area contributed by atoms with E-state index < -0.39 is 0 Å². The first-order chi connectivity index (χ1) is 7.88. The van der Waals surface area contributed by atoms with Gasteiger partial charge in [0.05, 0.1) is 4.88 Å². The number of pyridine rings is 1. The molecule has 0 aromatic carbocycles. The van der Waals surface area contributed by atoms with Crippen molar-refractivity contribution < 1.29 is 4.79 Å². The second-order valence-electron chi connectivity index (χ2n) is 3.18. The molecular formula is C11H6N2OS2. The predicted molar refractivity (Wildman–Crippen MR) is 66.1 cm³/mol. The molecule has 3 nitrogen and oxygen atoms in total. The third-order valence-electron chi connectivity index (χ3n) is 2.22. The van der Waals surface area contributed by atoms with Crippen molar-refractivity contribution in [1.82, 2.24) is 9.97 Å². The zero-order valence-corrected chi connectivity index (χ0v) is 9.72. The van der Waals surface area contributed by atoms with E-state index in [1.54, 1.807) is 23.7 Å². The fourth-order valence-corrected chi connectivity index (χ4v) is 3.04. The second kappa shape index (κ2) is 3.77. The van der Waals surface area contributed by atoms with Crippen molar-refractivity contribution in [3.63, 3.8) is 0 Å². The van der Waals surface area contributed by atoms with E-state index in [0.717, 1.165) is 22.4 Å². The quantitative estimate of drug-likeness (QED) is 0.652. The van der Waals surface area contributed by atoms with Crippen LogP contribution in [0.15, 0.2) is 29.9 Å². The number of thiazole rings is 1. The highest BCUT2D eigenvalue weighted by Crippen LogP contribution is 2.31. The fraction of sp³-hybridized carbons (Fsp3) is 0. The highest BCUT2D eigenvalue weighted by atomic mass is 32.1. The summed E-state index contributed by atoms with van der Waals surface area (Å²) < 4.78 is 1.19. The van der Waals surface area contributed by atoms with Crippen LogP contribution in [0, 0.1) is 0 Å². The average Bonchev–Trinajstić information content (AvgIpc) is 2.97. The first-order valence-electron chi connectivity index (χ1n) is 4.62. The SMILES string of the molecule is O=Cc1cnc(-c2nccc3sccc23)s1. The minimum atomic E-state index is 0.629. The van der Waals surface area contributed by atoms with E-state index >= 15 is 0 Å². The van der Waals surface area contributed by atoms with Gasteiger partial charge >= 0.3 is 0 Å². The van der Waals surface area contributed by atoms with Gasteiger partial charge in [-0.05, 0) is 17.5 Å². The maximum absolute atomic E-state index is 10.6. The standard InChI is InChI=1S/C11H6N2OS2/c14-6-7-5-13-11(16-7)10-8-2-4-15-9(8)1-3-12-10/h1-6H. The maximum Gasteiger partial charge on any atom is 0.161 e. The lowest BCUT2D eigenvalue weighted by Crippen LogP contribution is -1.81. The highest BCUT2D eigenvalue weighted by Gasteiger charge is 2.09. The monoisotopic (exact) mass is 246 g/mol. The van der Waals surface area contributed by atoms with Gasteiger partial charge in [0.15, 0.2) is 6.29 Å². The largest absolute Gasteiger partial charge is 0.297 e. The molecule has 78 valence electrons. The lowest BCUT2D eigenvalue weighted by molar-refractivity contribution is 0.112. The molecule has 0 aliphatic rings. The van der Waals surface area contributed by atoms with Crippen LogP contribution in [0.4, 0.5) is 0 Å². The minimum absolute atomic E-state index is 0.629. The molecule has 0 aliphatic heterocycles. The molecule has 0 aliphatic carbocycles. The summed E-state index contributed by atoms with van der Waals surface area (Å²) in [6.07, 6.45) is 4.17. The maximum atomic E-state index is 10.6. The van der Waals surface area contributed by atoms with Crippen molar-refractivity contribution in [3.05, 3.63) is 34.8 Å². The van der Waals surface area contributed by atoms with E-state index in [0.29, 0.717) is 4.88 Å². The van der Waals surface area contributed by atoms with Gasteiger partial charge in [0.25, 0.3) is 0 Å². The number of carbonyl (C=O) groups excluding carboxylic acids is 1. The van der Waals surface area contributed by atoms with Gasteiger partial charge < -0.3 is 0 Å². The van der Waals surface area contributed by atoms with Crippen molar-refractivity contribution in [1.29, 1.82) is 0 Å². The van der Waals surface area contributed by atoms with Crippen molar-refractivity contribution in [2.75, 3.05) is 0 Å². The van der Waals surface area contributed by atoms with Crippen LogP contribution in [-0.4, -0.2) is 16.3 Å². The predicted octanol–water partition coefficient (Wildman–Crippen LogP) is 3.23. The third-order valence-corrected chi connectivity index (χ3v) is 4.03. The molecular weight excluding hydrogens is 240 g/mol. The minimum Gasteiger partial charge on any atom is -0.297 e. The van der Waals surface area contributed by atoms with Crippen molar-refractivity contribution in [2.45, 2.75) is 0 Å². The van der Waals surface area contributed by atoms with Crippen LogP contribution in [0.5, 0.6) is 0 Å². The molecule has 0 saturated heterocycles. The van der Waals surface area contributed by atoms with Crippen LogP contribution in [0.3, 0.4) is 0 Å². The molecule has 5 heteroatoms. The van der Waals surface area contributed by atoms with Crippen LogP contribution in [0.1, 0.15) is 9.67 Å². The lowest BCUT2D eigenvalue weighted by atomic mass is 10.2. The summed E-state index contributed by atoms with van der Waals surface area (Å²) in [5.41, 5.74) is 0.858. The molecule has 0 N–H and O–H groups in total. The number of carbonyl (C=O) groups is 1. The molecule has 0 amide bonds. The summed E-state index contributed by atoms with van der Waals surface area (Å²) in [6, 6.07) is 4.02. The molecule has 0 fully saturated rings. The van der Waals surface area contributed by atoms with E-state index in [4.69, 9.17) is 0 Å². The summed E-state index contributed by atoms with van der Waals surface area (Å²) in [6.45, 7) is 0. The summed E-state index contributed by atoms with van der Waals surface area (Å²) in [4.78, 5) is 19.8. The Bertz CT molecular complexity index is 657. The zero-order valence-electron chi connectivity index (χ0n) is 8.08. The molecule has 0 unspecified atom stereocenters. The van der Waals surface area contributed by atoms with Crippen LogP contribution in [0.25, 0.3) is 20.8 Å². The van der Waals surface area contributed by atoms with Gasteiger partial charge in [0.2, 0.25) is 0 Å². The van der Waals surface area contributed by atoms with Crippen molar-refractivity contribution in [3.8, 4) is 10.7 Å². The van der Waals surface area contributed by atoms with Crippen LogP contribution >= 0.6 is 22.7 Å². The summed E-state index contributed by atoms with van der Waals surface area (Å²) in [5.74, 6) is 0. The van der Waals surface area contributed by atoms with Crippen LogP contribution in [0.2, 0.25) is 0 Å². The van der Waals surface area contributed by atoms with Gasteiger partial charge in [0.1, 0.15) is 10.7 Å². The number of rotatable bonds is 2. The fourth-order valence-electron chi connectivity index (χ4n) is 1.52. The number of hydrogen-bond donors (Lipinski definition) is 0. The molecule has 3 aromatic rings. The Hall–Kier alpha value is -1.59. The van der Waals surface area contributed by atoms with Gasteiger partial charge in [-0.2, -0.15) is 0 Å². The lowest BCUT2D eigenvalue weighted by Gasteiger charge is -1.96. The summed E-state index contributed by atoms with van der Waals surface area (Å²) in [7, 11) is 0. The Balaban J connectivity index is 2.24. The molecule has 0 atom stereocenters. The van der Waals surface area contributed by atoms with Crippen LogP contribution < -0.4 is 0 Å². The summed E-state index contributed by atoms with van der Waals surface area (Å²) >= 11 is 3.04. The summed E-state index contributed by atoms with van der Waals surface area (Å²) in [5, 5.41) is 3.93. The highest BCUT2D eigenvalue weighted by molar-refractivity contribution is 7.18. The van der Waals surface area contributed by atoms with E-state index in [1.807, 2.05) is 17.5 Å². The van der Waals surface area contributed by atoms with E-state index in [-0.39, 0.29) is 0 Å². The van der Waals surface area contributed by atoms with Gasteiger partial charge in [-0.25, -0.2) is 4.98 Å². The Morgan fingerprint density at radius 1 is 1.25 bits per heavy atom. The van der Waals surface area contributed by atoms with Gasteiger partial charge in [-0.1, -0.05) is 0 Å². The molecule has 16 heavy (non-hydrogen) atoms. The molecule has 0 spiro atoms. The number of thiophene rings is 1. The number of aromatic nitrogens is 2. The van der Waals surface area contributed by atoms with Gasteiger partial charge in [0, 0.05) is 22.5 Å². The molecule has 3 heterocycles. The van der Waals surface area contributed by atoms with Crippen molar-refractivity contribution >= 4 is 39.0 Å². The Morgan fingerprint density at radius 3 is 3.00 bits per heavy atom. The van der Waals surface area contributed by atoms with Gasteiger partial charge in [-0.3, -0.25) is 9.78 Å². The number of aldehydes is 1. The Labute approximate surface area is 99.4 Å². The first-order valence-corrected chi connectivity index (χ1v) is 6.31. The number of fused-ring (bicyclic) bond motifs is 1. The normalized spacial score (nSPS) is 10.8. The zero-order chi connectivity index (χ0) is 11.0. The van der Waals surface area contributed by atoms with Crippen LogP contribution in [-0.2, 0) is 0 Å². The Morgan fingerprint density at radius 2 is 2.19 bits per heavy atom. The average molecular weight is 246 g/mol. The number of hydrogen-bond acceptors (Lipinski definition) is 5. The Kier molecular flexibility index (Phi) is 2.27. The second-order valence-corrected chi connectivity index (χ2v) is 5.19. The number of nitrogens with zero attached hydrogens (tertiary/aromatic N) is 2. The van der Waals surface area contributed by atoms with Gasteiger partial charge in [-0.15, -0.1) is 22.7 Å². The molecule has 3 aromatic heterocycles. The van der Waals surface area contributed by atoms with Crippen molar-refractivity contribution in [2.24, 2.45) is 0 Å². The molecule has 0 radical (unpaired) electrons. The molecule has 0 bridgehead atoms. The van der Waals surface area contributed by atoms with E-state index in [9.17, 15) is 4.79 Å². The smallest absolute Gasteiger partial charge is 0.161 e. The van der Waals surface area contributed by atoms with E-state index in [1.165, 1.54) is 16.0 Å². The molecule has 3 rings (SSSR count). The topological polar surface area (TPSA) is 42.9 Å².